The van der Waals surface area contributed by atoms with E-state index in [2.05, 4.69) is 29.1 Å². The maximum atomic E-state index is 14.7. The maximum absolute atomic E-state index is 14.7. The minimum atomic E-state index is -0.824. The lowest BCUT2D eigenvalue weighted by Crippen LogP contribution is -2.61. The first-order chi connectivity index (χ1) is 20.3. The monoisotopic (exact) mass is 675 g/mol. The molecule has 10 heteroatoms. The first kappa shape index (κ1) is 33.6. The predicted octanol–water partition coefficient (Wildman–Crippen LogP) is 4.90. The van der Waals surface area contributed by atoms with Gasteiger partial charge in [-0.25, -0.2) is 0 Å². The summed E-state index contributed by atoms with van der Waals surface area (Å²) in [7, 11) is 0. The molecule has 1 aromatic carbocycles. The number of aliphatic hydroxyl groups is 1. The number of amides is 3. The molecule has 1 N–H and O–H groups in total. The number of ether oxygens (including phenoxy) is 1. The van der Waals surface area contributed by atoms with Crippen LogP contribution in [0.15, 0.2) is 49.6 Å². The molecule has 8 nitrogen and oxygen atoms in total. The highest BCUT2D eigenvalue weighted by atomic mass is 79.9. The molecular weight excluding hydrogens is 630 g/mol. The number of carbonyl (C=O) groups excluding carboxylic acids is 3. The number of rotatable bonds is 12. The van der Waals surface area contributed by atoms with Gasteiger partial charge < -0.3 is 24.5 Å². The van der Waals surface area contributed by atoms with Crippen molar-refractivity contribution in [2.45, 2.75) is 80.4 Å². The zero-order valence-corrected chi connectivity index (χ0v) is 28.6. The number of fused-ring (bicyclic) bond motifs is 1. The highest BCUT2D eigenvalue weighted by molar-refractivity contribution is 9.09. The van der Waals surface area contributed by atoms with Gasteiger partial charge in [0.1, 0.15) is 11.8 Å². The van der Waals surface area contributed by atoms with Crippen LogP contribution in [0, 0.1) is 17.8 Å². The molecule has 3 fully saturated rings. The largest absolute Gasteiger partial charge is 0.494 e. The summed E-state index contributed by atoms with van der Waals surface area (Å²) in [6.07, 6.45) is 3.96. The average Bonchev–Trinajstić information content (AvgIpc) is 3.53. The Balaban J connectivity index is 1.83. The van der Waals surface area contributed by atoms with Crippen LogP contribution >= 0.6 is 27.7 Å². The van der Waals surface area contributed by atoms with Crippen molar-refractivity contribution in [3.05, 3.63) is 49.6 Å². The van der Waals surface area contributed by atoms with E-state index in [9.17, 15) is 19.5 Å². The molecule has 3 aliphatic heterocycles. The Morgan fingerprint density at radius 1 is 1.19 bits per heavy atom. The topological polar surface area (TPSA) is 90.4 Å². The molecule has 4 rings (SSSR count). The van der Waals surface area contributed by atoms with E-state index in [0.29, 0.717) is 31.0 Å². The fourth-order valence-electron chi connectivity index (χ4n) is 7.10. The van der Waals surface area contributed by atoms with Crippen LogP contribution < -0.4 is 9.64 Å². The average molecular weight is 677 g/mol. The molecule has 3 saturated heterocycles. The molecule has 0 saturated carbocycles. The van der Waals surface area contributed by atoms with E-state index in [1.165, 1.54) is 0 Å². The highest BCUT2D eigenvalue weighted by Gasteiger charge is 2.76. The van der Waals surface area contributed by atoms with Gasteiger partial charge in [-0.1, -0.05) is 41.9 Å². The molecule has 3 amide bonds. The molecule has 7 atom stereocenters. The van der Waals surface area contributed by atoms with Crippen LogP contribution in [-0.4, -0.2) is 91.4 Å². The lowest BCUT2D eigenvalue weighted by Gasteiger charge is -2.44. The molecule has 236 valence electrons. The predicted molar refractivity (Wildman–Crippen MR) is 177 cm³/mol. The van der Waals surface area contributed by atoms with E-state index >= 15 is 0 Å². The Morgan fingerprint density at radius 2 is 1.81 bits per heavy atom. The molecule has 1 aromatic rings. The molecule has 2 bridgehead atoms. The summed E-state index contributed by atoms with van der Waals surface area (Å²) < 4.78 is 4.78. The molecular formula is C33H46BrN3O5S. The van der Waals surface area contributed by atoms with E-state index < -0.39 is 34.2 Å². The van der Waals surface area contributed by atoms with Crippen molar-refractivity contribution in [2.24, 2.45) is 17.8 Å². The van der Waals surface area contributed by atoms with Gasteiger partial charge >= 0.3 is 0 Å². The van der Waals surface area contributed by atoms with Crippen LogP contribution in [0.3, 0.4) is 0 Å². The lowest BCUT2D eigenvalue weighted by molar-refractivity contribution is -0.149. The maximum Gasteiger partial charge on any atom is 0.247 e. The van der Waals surface area contributed by atoms with Crippen LogP contribution in [0.1, 0.15) is 48.0 Å². The first-order valence-electron chi connectivity index (χ1n) is 15.1. The minimum Gasteiger partial charge on any atom is -0.494 e. The number of nitrogens with zero attached hydrogens (tertiary/aromatic N) is 3. The summed E-state index contributed by atoms with van der Waals surface area (Å²) in [4.78, 5) is 49.0. The van der Waals surface area contributed by atoms with Gasteiger partial charge in [-0.05, 0) is 64.3 Å². The minimum absolute atomic E-state index is 0.0641. The van der Waals surface area contributed by atoms with Crippen molar-refractivity contribution >= 4 is 51.1 Å². The Morgan fingerprint density at radius 3 is 2.33 bits per heavy atom. The number of alkyl halides is 1. The number of likely N-dealkylation sites (tertiary alicyclic amines) is 1. The fraction of sp³-hybridized carbons (Fsp3) is 0.606. The molecule has 0 aliphatic carbocycles. The molecule has 3 unspecified atom stereocenters. The first-order valence-corrected chi connectivity index (χ1v) is 16.9. The summed E-state index contributed by atoms with van der Waals surface area (Å²) in [5.41, 5.74) is 0.163. The van der Waals surface area contributed by atoms with Crippen molar-refractivity contribution in [3.63, 3.8) is 0 Å². The van der Waals surface area contributed by atoms with E-state index in [4.69, 9.17) is 4.74 Å². The van der Waals surface area contributed by atoms with Gasteiger partial charge in [0, 0.05) is 34.4 Å². The Kier molecular flexibility index (Phi) is 10.1. The molecule has 3 aliphatic rings. The van der Waals surface area contributed by atoms with Gasteiger partial charge in [0.25, 0.3) is 0 Å². The summed E-state index contributed by atoms with van der Waals surface area (Å²) in [5, 5.41) is 10.4. The number of halogens is 1. The van der Waals surface area contributed by atoms with Gasteiger partial charge in [-0.2, -0.15) is 0 Å². The van der Waals surface area contributed by atoms with E-state index in [1.54, 1.807) is 38.6 Å². The number of benzene rings is 1. The quantitative estimate of drug-likeness (QED) is 0.251. The number of aliphatic hydroxyl groups excluding tert-OH is 1. The molecule has 0 radical (unpaired) electrons. The van der Waals surface area contributed by atoms with Crippen LogP contribution in [-0.2, 0) is 14.4 Å². The summed E-state index contributed by atoms with van der Waals surface area (Å²) >= 11 is 5.47. The Bertz CT molecular complexity index is 1230. The van der Waals surface area contributed by atoms with E-state index in [1.807, 2.05) is 65.8 Å². The molecule has 3 heterocycles. The number of hydrogen-bond donors (Lipinski definition) is 1. The number of thioether (sulfide) groups is 1. The summed E-state index contributed by atoms with van der Waals surface area (Å²) in [5.74, 6) is -1.30. The third-order valence-corrected chi connectivity index (χ3v) is 12.2. The van der Waals surface area contributed by atoms with Gasteiger partial charge in [-0.3, -0.25) is 14.4 Å². The zero-order valence-electron chi connectivity index (χ0n) is 26.2. The normalized spacial score (nSPS) is 28.5. The van der Waals surface area contributed by atoms with Crippen molar-refractivity contribution < 1.29 is 24.2 Å². The van der Waals surface area contributed by atoms with Gasteiger partial charge in [0.05, 0.1) is 35.8 Å². The van der Waals surface area contributed by atoms with Crippen molar-refractivity contribution in [1.82, 2.24) is 9.80 Å². The molecule has 43 heavy (non-hydrogen) atoms. The van der Waals surface area contributed by atoms with Crippen LogP contribution in [0.2, 0.25) is 0 Å². The van der Waals surface area contributed by atoms with Crippen molar-refractivity contribution in [2.75, 3.05) is 31.2 Å². The second-order valence-electron chi connectivity index (χ2n) is 13.0. The molecule has 1 spiro atoms. The number of carbonyl (C=O) groups is 3. The molecule has 0 aromatic heterocycles. The lowest BCUT2D eigenvalue weighted by atomic mass is 9.70. The van der Waals surface area contributed by atoms with Crippen LogP contribution in [0.4, 0.5) is 5.69 Å². The van der Waals surface area contributed by atoms with Crippen LogP contribution in [0.25, 0.3) is 0 Å². The second kappa shape index (κ2) is 13.0. The van der Waals surface area contributed by atoms with Crippen molar-refractivity contribution in [1.29, 1.82) is 0 Å². The van der Waals surface area contributed by atoms with E-state index in [0.717, 1.165) is 0 Å². The van der Waals surface area contributed by atoms with Crippen LogP contribution in [0.5, 0.6) is 5.75 Å². The van der Waals surface area contributed by atoms with Crippen molar-refractivity contribution in [3.8, 4) is 5.75 Å². The number of hydrogen-bond acceptors (Lipinski definition) is 6. The van der Waals surface area contributed by atoms with Gasteiger partial charge in [0.2, 0.25) is 17.7 Å². The highest BCUT2D eigenvalue weighted by Crippen LogP contribution is 2.68. The Labute approximate surface area is 269 Å². The second-order valence-corrected chi connectivity index (χ2v) is 15.7. The SMILES string of the molecule is C=CCN(C(=O)[C@H]1[C@@H]2SC3(CC2Br)C(C(=O)N(CC=C)C(C)(C)C)N([C@@H](CO)C(C)C)C(=O)[C@H]13)c1ccc(OCC)cc1. The number of anilines is 1. The summed E-state index contributed by atoms with van der Waals surface area (Å²) in [6, 6.07) is 5.97. The fourth-order valence-corrected chi connectivity index (χ4v) is 10.7. The van der Waals surface area contributed by atoms with E-state index in [-0.39, 0.29) is 46.9 Å². The standard InChI is InChI=1S/C33H46BrN3O5S/c1-9-16-35(21-12-14-22(15-13-21)42-11-3)29(39)25-26-30(40)37(24(19-38)20(4)5)28(33(26)18-23(34)27(25)43-33)31(41)36(17-10-2)32(6,7)8/h9-10,12-15,20,23-28,38H,1-2,11,16-19H2,3-8H3/t23?,24-,25+,26-,27+,28?,33?/m0/s1. The summed E-state index contributed by atoms with van der Waals surface area (Å²) in [6.45, 7) is 20.4. The smallest absolute Gasteiger partial charge is 0.247 e. The van der Waals surface area contributed by atoms with Gasteiger partial charge in [-0.15, -0.1) is 24.9 Å². The zero-order chi connectivity index (χ0) is 31.9. The third kappa shape index (κ3) is 5.79. The Hall–Kier alpha value is -2.30. The van der Waals surface area contributed by atoms with Gasteiger partial charge in [0.15, 0.2) is 0 Å². The third-order valence-electron chi connectivity index (χ3n) is 8.98.